The molecule has 0 aliphatic heterocycles. The summed E-state index contributed by atoms with van der Waals surface area (Å²) in [5, 5.41) is 30.4. The van der Waals surface area contributed by atoms with E-state index in [1.807, 2.05) is 44.4 Å². The van der Waals surface area contributed by atoms with E-state index < -0.39 is 6.10 Å². The van der Waals surface area contributed by atoms with Crippen LogP contribution >= 0.6 is 15.9 Å². The first-order chi connectivity index (χ1) is 14.4. The van der Waals surface area contributed by atoms with Crippen molar-refractivity contribution in [3.05, 3.63) is 81.8 Å². The molecule has 0 amide bonds. The highest BCUT2D eigenvalue weighted by Crippen LogP contribution is 2.39. The number of halogens is 1. The van der Waals surface area contributed by atoms with E-state index in [1.165, 1.54) is 0 Å². The molecule has 0 saturated heterocycles. The topological polar surface area (TPSA) is 73.2 Å². The second-order valence-electron chi connectivity index (χ2n) is 7.37. The largest absolute Gasteiger partial charge is 0.508 e. The van der Waals surface area contributed by atoms with Gasteiger partial charge in [-0.25, -0.2) is 0 Å². The zero-order valence-corrected chi connectivity index (χ0v) is 18.6. The monoisotopic (exact) mass is 471 g/mol. The van der Waals surface area contributed by atoms with Gasteiger partial charge in [0.05, 0.1) is 6.61 Å². The van der Waals surface area contributed by atoms with Crippen LogP contribution in [0, 0.1) is 0 Å². The van der Waals surface area contributed by atoms with Crippen LogP contribution in [0.3, 0.4) is 0 Å². The first-order valence-electron chi connectivity index (χ1n) is 9.67. The zero-order valence-electron chi connectivity index (χ0n) is 17.0. The number of phenolic OH excluding ortho intramolecular Hbond substituents is 1. The quantitative estimate of drug-likeness (QED) is 0.455. The van der Waals surface area contributed by atoms with Gasteiger partial charge in [0.25, 0.3) is 0 Å². The third kappa shape index (κ3) is 5.40. The number of phenols is 1. The van der Waals surface area contributed by atoms with E-state index in [0.717, 1.165) is 33.5 Å². The van der Waals surface area contributed by atoms with E-state index in [0.29, 0.717) is 17.7 Å². The van der Waals surface area contributed by atoms with Crippen molar-refractivity contribution < 1.29 is 20.1 Å². The highest BCUT2D eigenvalue weighted by molar-refractivity contribution is 9.10. The van der Waals surface area contributed by atoms with Crippen LogP contribution in [0.25, 0.3) is 11.1 Å². The van der Waals surface area contributed by atoms with Crippen molar-refractivity contribution in [2.24, 2.45) is 0 Å². The molecule has 0 aromatic heterocycles. The van der Waals surface area contributed by atoms with Crippen molar-refractivity contribution in [2.45, 2.75) is 12.7 Å². The molecule has 0 saturated carbocycles. The van der Waals surface area contributed by atoms with E-state index >= 15 is 0 Å². The molecule has 1 unspecified atom stereocenters. The van der Waals surface area contributed by atoms with Gasteiger partial charge in [0.15, 0.2) is 0 Å². The van der Waals surface area contributed by atoms with E-state index in [9.17, 15) is 15.3 Å². The summed E-state index contributed by atoms with van der Waals surface area (Å²) in [4.78, 5) is 2.05. The third-order valence-corrected chi connectivity index (χ3v) is 5.44. The predicted octanol–water partition coefficient (Wildman–Crippen LogP) is 4.34. The van der Waals surface area contributed by atoms with Crippen molar-refractivity contribution in [1.29, 1.82) is 0 Å². The summed E-state index contributed by atoms with van der Waals surface area (Å²) in [5.41, 5.74) is 3.74. The van der Waals surface area contributed by atoms with Crippen LogP contribution in [-0.4, -0.2) is 47.5 Å². The molecule has 1 atom stereocenters. The molecule has 5 nitrogen and oxygen atoms in total. The molecule has 0 heterocycles. The highest BCUT2D eigenvalue weighted by atomic mass is 79.9. The predicted molar refractivity (Wildman–Crippen MR) is 122 cm³/mol. The minimum absolute atomic E-state index is 0.132. The van der Waals surface area contributed by atoms with Gasteiger partial charge in [-0.15, -0.1) is 0 Å². The average molecular weight is 472 g/mol. The van der Waals surface area contributed by atoms with Crippen molar-refractivity contribution in [1.82, 2.24) is 4.90 Å². The van der Waals surface area contributed by atoms with Gasteiger partial charge in [0.2, 0.25) is 0 Å². The van der Waals surface area contributed by atoms with Gasteiger partial charge in [-0.2, -0.15) is 0 Å². The number of hydrogen-bond acceptors (Lipinski definition) is 5. The molecule has 0 aliphatic rings. The fraction of sp³-hybridized carbons (Fsp3) is 0.250. The number of ether oxygens (including phenoxy) is 1. The smallest absolute Gasteiger partial charge is 0.119 e. The summed E-state index contributed by atoms with van der Waals surface area (Å²) in [7, 11) is 3.99. The van der Waals surface area contributed by atoms with E-state index in [1.54, 1.807) is 30.3 Å². The van der Waals surface area contributed by atoms with Gasteiger partial charge in [-0.1, -0.05) is 40.2 Å². The molecule has 158 valence electrons. The van der Waals surface area contributed by atoms with Gasteiger partial charge in [-0.3, -0.25) is 0 Å². The number of aromatic hydroxyl groups is 1. The van der Waals surface area contributed by atoms with Gasteiger partial charge in [-0.05, 0) is 72.7 Å². The summed E-state index contributed by atoms with van der Waals surface area (Å²) in [6.45, 7) is 1.28. The van der Waals surface area contributed by atoms with E-state index in [2.05, 4.69) is 20.8 Å². The van der Waals surface area contributed by atoms with Crippen LogP contribution in [0.2, 0.25) is 0 Å². The van der Waals surface area contributed by atoms with Crippen molar-refractivity contribution in [3.63, 3.8) is 0 Å². The molecule has 30 heavy (non-hydrogen) atoms. The Kier molecular flexibility index (Phi) is 7.50. The van der Waals surface area contributed by atoms with Gasteiger partial charge in [0.1, 0.15) is 24.2 Å². The summed E-state index contributed by atoms with van der Waals surface area (Å²) in [5.74, 6) is 0.922. The van der Waals surface area contributed by atoms with Gasteiger partial charge < -0.3 is 25.0 Å². The Balaban J connectivity index is 1.93. The zero-order chi connectivity index (χ0) is 21.7. The average Bonchev–Trinajstić information content (AvgIpc) is 2.73. The lowest BCUT2D eigenvalue weighted by Gasteiger charge is -2.20. The Morgan fingerprint density at radius 2 is 1.67 bits per heavy atom. The summed E-state index contributed by atoms with van der Waals surface area (Å²) < 4.78 is 6.49. The van der Waals surface area contributed by atoms with Crippen LogP contribution in [0.4, 0.5) is 0 Å². The Bertz CT molecular complexity index is 972. The maximum Gasteiger partial charge on any atom is 0.119 e. The maximum absolute atomic E-state index is 11.2. The fourth-order valence-corrected chi connectivity index (χ4v) is 3.95. The minimum atomic E-state index is -0.896. The van der Waals surface area contributed by atoms with Crippen molar-refractivity contribution in [3.8, 4) is 22.6 Å². The molecule has 0 radical (unpaired) electrons. The minimum Gasteiger partial charge on any atom is -0.508 e. The van der Waals surface area contributed by atoms with Crippen LogP contribution in [0.1, 0.15) is 22.8 Å². The molecule has 3 N–H and O–H groups in total. The van der Waals surface area contributed by atoms with Gasteiger partial charge in [0, 0.05) is 16.6 Å². The summed E-state index contributed by atoms with van der Waals surface area (Å²) in [6.07, 6.45) is -0.896. The number of benzene rings is 3. The van der Waals surface area contributed by atoms with Crippen molar-refractivity contribution >= 4 is 15.9 Å². The van der Waals surface area contributed by atoms with Crippen LogP contribution in [0.5, 0.6) is 11.5 Å². The lowest BCUT2D eigenvalue weighted by Crippen LogP contribution is -2.19. The van der Waals surface area contributed by atoms with Gasteiger partial charge >= 0.3 is 0 Å². The number of aliphatic hydroxyl groups excluding tert-OH is 2. The van der Waals surface area contributed by atoms with Crippen LogP contribution in [0.15, 0.2) is 65.1 Å². The Morgan fingerprint density at radius 1 is 1.00 bits per heavy atom. The molecular formula is C24H26BrNO4. The molecule has 3 aromatic rings. The Labute approximate surface area is 185 Å². The maximum atomic E-state index is 11.2. The molecule has 0 fully saturated rings. The van der Waals surface area contributed by atoms with Crippen LogP contribution in [-0.2, 0) is 6.61 Å². The van der Waals surface area contributed by atoms with E-state index in [-0.39, 0.29) is 12.4 Å². The molecule has 0 aliphatic carbocycles. The summed E-state index contributed by atoms with van der Waals surface area (Å²) >= 11 is 3.58. The number of hydrogen-bond donors (Lipinski definition) is 3. The Hall–Kier alpha value is -2.38. The lowest BCUT2D eigenvalue weighted by molar-refractivity contribution is 0.219. The fourth-order valence-electron chi connectivity index (χ4n) is 3.20. The first kappa shape index (κ1) is 22.3. The molecule has 6 heteroatoms. The second kappa shape index (κ2) is 10.1. The molecular weight excluding hydrogens is 446 g/mol. The molecule has 0 spiro atoms. The molecule has 3 aromatic carbocycles. The van der Waals surface area contributed by atoms with Crippen LogP contribution < -0.4 is 4.74 Å². The second-order valence-corrected chi connectivity index (χ2v) is 8.22. The summed E-state index contributed by atoms with van der Waals surface area (Å²) in [6, 6.07) is 17.8. The van der Waals surface area contributed by atoms with E-state index in [4.69, 9.17) is 4.74 Å². The highest BCUT2D eigenvalue weighted by Gasteiger charge is 2.19. The molecule has 3 rings (SSSR count). The first-order valence-corrected chi connectivity index (χ1v) is 10.5. The number of aliphatic hydroxyl groups is 2. The normalized spacial score (nSPS) is 12.2. The number of rotatable bonds is 8. The standard InChI is InChI=1S/C24H26BrNO4/c1-26(2)11-12-30-20-9-5-18(6-10-20)24(29)21-13-16(15-27)14-22(25)23(21)17-3-7-19(28)8-4-17/h3-10,13-14,24,27-29H,11-12,15H2,1-2H3. The third-order valence-electron chi connectivity index (χ3n) is 4.82. The van der Waals surface area contributed by atoms with Crippen molar-refractivity contribution in [2.75, 3.05) is 27.2 Å². The Morgan fingerprint density at radius 3 is 2.27 bits per heavy atom. The SMILES string of the molecule is CN(C)CCOc1ccc(C(O)c2cc(CO)cc(Br)c2-c2ccc(O)cc2)cc1. The molecule has 0 bridgehead atoms. The lowest BCUT2D eigenvalue weighted by atomic mass is 9.91. The number of nitrogens with zero attached hydrogens (tertiary/aromatic N) is 1. The number of likely N-dealkylation sites (N-methyl/N-ethyl adjacent to an activating group) is 1.